The van der Waals surface area contributed by atoms with Gasteiger partial charge in [0, 0.05) is 37.6 Å². The van der Waals surface area contributed by atoms with E-state index < -0.39 is 0 Å². The van der Waals surface area contributed by atoms with Gasteiger partial charge < -0.3 is 15.0 Å². The van der Waals surface area contributed by atoms with E-state index >= 15 is 0 Å². The van der Waals surface area contributed by atoms with Crippen molar-refractivity contribution in [3.63, 3.8) is 0 Å². The first-order chi connectivity index (χ1) is 20.2. The Labute approximate surface area is 242 Å². The van der Waals surface area contributed by atoms with Crippen LogP contribution < -0.4 is 10.1 Å². The SMILES string of the molecule is Cc1ccccc1/C(=C(\c1ccc(OCCNC/C=C/C(=O)N2CCC2)cc1)c1ccc2[nH]ncc2c1)C1CCC1. The molecule has 6 heteroatoms. The summed E-state index contributed by atoms with van der Waals surface area (Å²) in [6, 6.07) is 23.9. The van der Waals surface area contributed by atoms with E-state index in [0.29, 0.717) is 25.6 Å². The molecule has 1 amide bonds. The number of nitrogens with zero attached hydrogens (tertiary/aromatic N) is 2. The highest BCUT2D eigenvalue weighted by atomic mass is 16.5. The summed E-state index contributed by atoms with van der Waals surface area (Å²) in [4.78, 5) is 13.7. The number of H-pyrrole nitrogens is 1. The highest BCUT2D eigenvalue weighted by Gasteiger charge is 2.28. The van der Waals surface area contributed by atoms with Crippen molar-refractivity contribution in [3.8, 4) is 5.75 Å². The molecule has 0 bridgehead atoms. The molecular weight excluding hydrogens is 508 g/mol. The molecule has 6 rings (SSSR count). The van der Waals surface area contributed by atoms with E-state index in [4.69, 9.17) is 4.74 Å². The van der Waals surface area contributed by atoms with E-state index in [1.54, 1.807) is 6.08 Å². The number of rotatable bonds is 11. The van der Waals surface area contributed by atoms with Crippen molar-refractivity contribution in [1.82, 2.24) is 20.4 Å². The van der Waals surface area contributed by atoms with Crippen molar-refractivity contribution in [1.29, 1.82) is 0 Å². The lowest BCUT2D eigenvalue weighted by Gasteiger charge is -2.32. The number of likely N-dealkylation sites (tertiary alicyclic amines) is 1. The summed E-state index contributed by atoms with van der Waals surface area (Å²) in [5, 5.41) is 11.8. The number of amides is 1. The van der Waals surface area contributed by atoms with Gasteiger partial charge in [-0.05, 0) is 89.8 Å². The number of aryl methyl sites for hydroxylation is 1. The van der Waals surface area contributed by atoms with Crippen molar-refractivity contribution < 1.29 is 9.53 Å². The molecule has 3 aromatic carbocycles. The van der Waals surface area contributed by atoms with Gasteiger partial charge in [0.15, 0.2) is 0 Å². The number of nitrogens with one attached hydrogen (secondary N) is 2. The van der Waals surface area contributed by atoms with Crippen LogP contribution in [0.1, 0.15) is 47.9 Å². The van der Waals surface area contributed by atoms with Crippen LogP contribution in [-0.2, 0) is 4.79 Å². The Kier molecular flexibility index (Phi) is 8.28. The fourth-order valence-electron chi connectivity index (χ4n) is 5.65. The van der Waals surface area contributed by atoms with Gasteiger partial charge in [0.1, 0.15) is 12.4 Å². The number of ether oxygens (including phenoxy) is 1. The van der Waals surface area contributed by atoms with Crippen LogP contribution in [0.5, 0.6) is 5.75 Å². The van der Waals surface area contributed by atoms with E-state index in [0.717, 1.165) is 36.2 Å². The normalized spacial score (nSPS) is 16.0. The van der Waals surface area contributed by atoms with Crippen LogP contribution in [0.25, 0.3) is 22.0 Å². The fraction of sp³-hybridized carbons (Fsp3) is 0.314. The average Bonchev–Trinajstić information content (AvgIpc) is 3.39. The number of hydrogen-bond acceptors (Lipinski definition) is 4. The number of hydrogen-bond donors (Lipinski definition) is 2. The van der Waals surface area contributed by atoms with Gasteiger partial charge in [0.2, 0.25) is 5.91 Å². The second-order valence-electron chi connectivity index (χ2n) is 11.1. The van der Waals surface area contributed by atoms with Gasteiger partial charge in [0.25, 0.3) is 0 Å². The van der Waals surface area contributed by atoms with Gasteiger partial charge in [-0.2, -0.15) is 5.10 Å². The monoisotopic (exact) mass is 546 g/mol. The topological polar surface area (TPSA) is 70.2 Å². The van der Waals surface area contributed by atoms with Gasteiger partial charge in [-0.3, -0.25) is 9.89 Å². The largest absolute Gasteiger partial charge is 0.492 e. The Morgan fingerprint density at radius 1 is 1.05 bits per heavy atom. The van der Waals surface area contributed by atoms with Crippen molar-refractivity contribution in [2.75, 3.05) is 32.8 Å². The van der Waals surface area contributed by atoms with E-state index in [2.05, 4.69) is 89.2 Å². The molecule has 0 radical (unpaired) electrons. The highest BCUT2D eigenvalue weighted by molar-refractivity contribution is 6.01. The van der Waals surface area contributed by atoms with Gasteiger partial charge in [-0.15, -0.1) is 0 Å². The minimum Gasteiger partial charge on any atom is -0.492 e. The minimum absolute atomic E-state index is 0.107. The molecule has 210 valence electrons. The lowest BCUT2D eigenvalue weighted by Crippen LogP contribution is -2.41. The zero-order valence-electron chi connectivity index (χ0n) is 23.7. The van der Waals surface area contributed by atoms with E-state index in [-0.39, 0.29) is 5.91 Å². The van der Waals surface area contributed by atoms with Crippen LogP contribution >= 0.6 is 0 Å². The maximum atomic E-state index is 11.9. The van der Waals surface area contributed by atoms with Gasteiger partial charge in [0.05, 0.1) is 11.7 Å². The van der Waals surface area contributed by atoms with E-state index in [9.17, 15) is 4.79 Å². The third kappa shape index (κ3) is 6.13. The molecule has 1 saturated carbocycles. The molecule has 1 aliphatic heterocycles. The lowest BCUT2D eigenvalue weighted by atomic mass is 9.72. The Bertz CT molecular complexity index is 1560. The van der Waals surface area contributed by atoms with Crippen LogP contribution in [0.2, 0.25) is 0 Å². The summed E-state index contributed by atoms with van der Waals surface area (Å²) in [5.41, 5.74) is 8.83. The van der Waals surface area contributed by atoms with Crippen molar-refractivity contribution >= 4 is 28.0 Å². The molecule has 2 aliphatic rings. The van der Waals surface area contributed by atoms with Crippen molar-refractivity contribution in [2.45, 2.75) is 32.6 Å². The number of aromatic amines is 1. The Hall–Kier alpha value is -4.16. The number of benzene rings is 3. The maximum absolute atomic E-state index is 11.9. The summed E-state index contributed by atoms with van der Waals surface area (Å²) in [5.74, 6) is 1.50. The summed E-state index contributed by atoms with van der Waals surface area (Å²) in [7, 11) is 0. The first kappa shape index (κ1) is 27.0. The zero-order valence-corrected chi connectivity index (χ0v) is 23.7. The second-order valence-corrected chi connectivity index (χ2v) is 11.1. The number of aromatic nitrogens is 2. The molecule has 1 aromatic heterocycles. The van der Waals surface area contributed by atoms with Crippen molar-refractivity contribution in [3.05, 3.63) is 107 Å². The molecule has 41 heavy (non-hydrogen) atoms. The molecule has 0 atom stereocenters. The molecule has 1 saturated heterocycles. The number of allylic oxidation sites excluding steroid dienone is 1. The molecule has 2 N–H and O–H groups in total. The summed E-state index contributed by atoms with van der Waals surface area (Å²) >= 11 is 0. The smallest absolute Gasteiger partial charge is 0.246 e. The summed E-state index contributed by atoms with van der Waals surface area (Å²) < 4.78 is 6.04. The third-order valence-electron chi connectivity index (χ3n) is 8.33. The fourth-order valence-corrected chi connectivity index (χ4v) is 5.65. The van der Waals surface area contributed by atoms with Crippen LogP contribution in [-0.4, -0.2) is 53.8 Å². The van der Waals surface area contributed by atoms with E-state index in [1.165, 1.54) is 52.7 Å². The standard InChI is InChI=1S/C35H38N4O2/c1-25-7-2-3-10-31(25)35(26-8-4-9-26)34(28-14-17-32-29(23-28)24-37-38-32)27-12-15-30(16-13-27)41-22-19-36-18-5-11-33(40)39-20-6-21-39/h2-3,5,7,10-17,23-24,26,36H,4,6,8-9,18-22H2,1H3,(H,37,38)/b11-5+,35-34+. The first-order valence-electron chi connectivity index (χ1n) is 14.8. The second kappa shape index (κ2) is 12.6. The van der Waals surface area contributed by atoms with Crippen LogP contribution in [0, 0.1) is 12.8 Å². The zero-order chi connectivity index (χ0) is 28.0. The number of fused-ring (bicyclic) bond motifs is 1. The summed E-state index contributed by atoms with van der Waals surface area (Å²) in [6.07, 6.45) is 10.3. The number of carbonyl (C=O) groups is 1. The predicted octanol–water partition coefficient (Wildman–Crippen LogP) is 6.39. The Morgan fingerprint density at radius 2 is 1.85 bits per heavy atom. The maximum Gasteiger partial charge on any atom is 0.246 e. The average molecular weight is 547 g/mol. The van der Waals surface area contributed by atoms with E-state index in [1.807, 2.05) is 17.2 Å². The molecule has 1 aliphatic carbocycles. The Morgan fingerprint density at radius 3 is 2.59 bits per heavy atom. The molecular formula is C35H38N4O2. The lowest BCUT2D eigenvalue weighted by molar-refractivity contribution is -0.129. The van der Waals surface area contributed by atoms with Crippen LogP contribution in [0.3, 0.4) is 0 Å². The van der Waals surface area contributed by atoms with Gasteiger partial charge in [-0.25, -0.2) is 0 Å². The molecule has 0 unspecified atom stereocenters. The van der Waals surface area contributed by atoms with Crippen molar-refractivity contribution in [2.24, 2.45) is 5.92 Å². The van der Waals surface area contributed by atoms with Crippen LogP contribution in [0.4, 0.5) is 0 Å². The number of carbonyl (C=O) groups excluding carboxylic acids is 1. The third-order valence-corrected chi connectivity index (χ3v) is 8.33. The molecule has 2 fully saturated rings. The molecule has 2 heterocycles. The first-order valence-corrected chi connectivity index (χ1v) is 14.8. The minimum atomic E-state index is 0.107. The highest BCUT2D eigenvalue weighted by Crippen LogP contribution is 2.46. The van der Waals surface area contributed by atoms with Gasteiger partial charge in [-0.1, -0.05) is 55.0 Å². The van der Waals surface area contributed by atoms with Gasteiger partial charge >= 0.3 is 0 Å². The molecule has 4 aromatic rings. The molecule has 6 nitrogen and oxygen atoms in total. The Balaban J connectivity index is 1.21. The quantitative estimate of drug-likeness (QED) is 0.130. The van der Waals surface area contributed by atoms with Crippen LogP contribution in [0.15, 0.2) is 85.1 Å². The molecule has 0 spiro atoms. The summed E-state index contributed by atoms with van der Waals surface area (Å²) in [6.45, 7) is 5.90. The predicted molar refractivity (Wildman–Crippen MR) is 166 cm³/mol.